The zero-order valence-corrected chi connectivity index (χ0v) is 16.8. The van der Waals surface area contributed by atoms with E-state index in [0.29, 0.717) is 5.69 Å². The maximum atomic E-state index is 12.4. The normalized spacial score (nSPS) is 12.5. The fraction of sp³-hybridized carbons (Fsp3) is 0.278. The number of rotatable bonds is 6. The first kappa shape index (κ1) is 19.5. The highest BCUT2D eigenvalue weighted by Gasteiger charge is 2.22. The molecule has 25 heavy (non-hydrogen) atoms. The number of halogens is 1. The summed E-state index contributed by atoms with van der Waals surface area (Å²) in [5, 5.41) is 2.84. The molecule has 1 amide bonds. The van der Waals surface area contributed by atoms with Gasteiger partial charge >= 0.3 is 0 Å². The van der Waals surface area contributed by atoms with E-state index in [9.17, 15) is 13.2 Å². The zero-order valence-electron chi connectivity index (χ0n) is 14.4. The molecule has 0 unspecified atom stereocenters. The van der Waals surface area contributed by atoms with Crippen molar-refractivity contribution in [2.75, 3.05) is 17.1 Å². The second kappa shape index (κ2) is 8.01. The lowest BCUT2D eigenvalue weighted by Crippen LogP contribution is -2.41. The molecule has 2 aromatic rings. The summed E-state index contributed by atoms with van der Waals surface area (Å²) in [7, 11) is -3.59. The summed E-state index contributed by atoms with van der Waals surface area (Å²) >= 11 is 3.39. The van der Waals surface area contributed by atoms with Gasteiger partial charge in [-0.15, -0.1) is 0 Å². The smallest absolute Gasteiger partial charge is 0.241 e. The summed E-state index contributed by atoms with van der Waals surface area (Å²) < 4.78 is 26.3. The number of anilines is 1. The fourth-order valence-corrected chi connectivity index (χ4v) is 3.52. The van der Waals surface area contributed by atoms with Gasteiger partial charge in [0.2, 0.25) is 15.9 Å². The Morgan fingerprint density at radius 1 is 1.20 bits per heavy atom. The van der Waals surface area contributed by atoms with Gasteiger partial charge < -0.3 is 5.32 Å². The van der Waals surface area contributed by atoms with Crippen molar-refractivity contribution in [1.29, 1.82) is 0 Å². The monoisotopic (exact) mass is 424 g/mol. The number of aryl methyl sites for hydroxylation is 1. The fourth-order valence-electron chi connectivity index (χ4n) is 2.43. The van der Waals surface area contributed by atoms with Gasteiger partial charge in [0.05, 0.1) is 18.0 Å². The molecule has 1 atom stereocenters. The summed E-state index contributed by atoms with van der Waals surface area (Å²) in [6, 6.07) is 14.5. The van der Waals surface area contributed by atoms with Crippen LogP contribution in [0, 0.1) is 6.92 Å². The predicted molar refractivity (Wildman–Crippen MR) is 104 cm³/mol. The molecule has 5 nitrogen and oxygen atoms in total. The molecule has 7 heteroatoms. The molecular weight excluding hydrogens is 404 g/mol. The Labute approximate surface area is 157 Å². The third kappa shape index (κ3) is 5.31. The number of hydrogen-bond donors (Lipinski definition) is 1. The number of amides is 1. The number of benzene rings is 2. The molecule has 0 radical (unpaired) electrons. The van der Waals surface area contributed by atoms with Crippen molar-refractivity contribution in [1.82, 2.24) is 5.32 Å². The molecule has 0 aromatic heterocycles. The largest absolute Gasteiger partial charge is 0.348 e. The van der Waals surface area contributed by atoms with Gasteiger partial charge in [0.25, 0.3) is 0 Å². The summed E-state index contributed by atoms with van der Waals surface area (Å²) in [5.74, 6) is -0.359. The number of carbonyl (C=O) groups excluding carboxylic acids is 1. The van der Waals surface area contributed by atoms with Crippen LogP contribution in [-0.2, 0) is 14.8 Å². The average molecular weight is 425 g/mol. The van der Waals surface area contributed by atoms with Crippen LogP contribution in [0.5, 0.6) is 0 Å². The molecule has 0 aliphatic heterocycles. The standard InChI is InChI=1S/C18H21BrN2O3S/c1-13-11-16(9-10-17(13)19)21(25(3,23)24)12-18(22)20-14(2)15-7-5-4-6-8-15/h4-11,14H,12H2,1-3H3,(H,20,22)/t14-/m0/s1. The molecule has 0 spiro atoms. The van der Waals surface area contributed by atoms with Crippen LogP contribution in [0.3, 0.4) is 0 Å². The highest BCUT2D eigenvalue weighted by atomic mass is 79.9. The molecular formula is C18H21BrN2O3S. The number of nitrogens with one attached hydrogen (secondary N) is 1. The maximum absolute atomic E-state index is 12.4. The third-order valence-corrected chi connectivity index (χ3v) is 5.82. The lowest BCUT2D eigenvalue weighted by molar-refractivity contribution is -0.120. The summed E-state index contributed by atoms with van der Waals surface area (Å²) in [4.78, 5) is 12.4. The van der Waals surface area contributed by atoms with Crippen LogP contribution < -0.4 is 9.62 Å². The topological polar surface area (TPSA) is 66.5 Å². The van der Waals surface area contributed by atoms with Crippen LogP contribution in [0.15, 0.2) is 53.0 Å². The lowest BCUT2D eigenvalue weighted by atomic mass is 10.1. The maximum Gasteiger partial charge on any atom is 0.241 e. The van der Waals surface area contributed by atoms with E-state index in [1.807, 2.05) is 44.2 Å². The molecule has 0 saturated heterocycles. The van der Waals surface area contributed by atoms with E-state index < -0.39 is 10.0 Å². The van der Waals surface area contributed by atoms with Crippen molar-refractivity contribution in [3.05, 3.63) is 64.1 Å². The van der Waals surface area contributed by atoms with E-state index in [1.165, 1.54) is 0 Å². The van der Waals surface area contributed by atoms with Crippen molar-refractivity contribution >= 4 is 37.5 Å². The zero-order chi connectivity index (χ0) is 18.6. The number of nitrogens with zero attached hydrogens (tertiary/aromatic N) is 1. The van der Waals surface area contributed by atoms with Gasteiger partial charge in [-0.3, -0.25) is 9.10 Å². The molecule has 0 saturated carbocycles. The molecule has 134 valence electrons. The van der Waals surface area contributed by atoms with E-state index in [4.69, 9.17) is 0 Å². The van der Waals surface area contributed by atoms with Gasteiger partial charge in [0.1, 0.15) is 6.54 Å². The van der Waals surface area contributed by atoms with Gasteiger partial charge in [-0.05, 0) is 43.2 Å². The second-order valence-corrected chi connectivity index (χ2v) is 8.66. The summed E-state index contributed by atoms with van der Waals surface area (Å²) in [5.41, 5.74) is 2.32. The third-order valence-electron chi connectivity index (χ3n) is 3.79. The molecule has 2 rings (SSSR count). The quantitative estimate of drug-likeness (QED) is 0.772. The van der Waals surface area contributed by atoms with Crippen molar-refractivity contribution in [3.8, 4) is 0 Å². The molecule has 0 bridgehead atoms. The highest BCUT2D eigenvalue weighted by Crippen LogP contribution is 2.24. The summed E-state index contributed by atoms with van der Waals surface area (Å²) in [6.45, 7) is 3.46. The Balaban J connectivity index is 2.17. The number of carbonyl (C=O) groups is 1. The van der Waals surface area contributed by atoms with E-state index in [-0.39, 0.29) is 18.5 Å². The first-order valence-corrected chi connectivity index (χ1v) is 10.4. The molecule has 0 heterocycles. The van der Waals surface area contributed by atoms with E-state index in [2.05, 4.69) is 21.2 Å². The second-order valence-electron chi connectivity index (χ2n) is 5.90. The minimum atomic E-state index is -3.59. The van der Waals surface area contributed by atoms with Crippen LogP contribution >= 0.6 is 15.9 Å². The van der Waals surface area contributed by atoms with Gasteiger partial charge in [0.15, 0.2) is 0 Å². The van der Waals surface area contributed by atoms with Gasteiger partial charge in [-0.25, -0.2) is 8.42 Å². The SMILES string of the molecule is Cc1cc(N(CC(=O)N[C@@H](C)c2ccccc2)S(C)(=O)=O)ccc1Br. The molecule has 1 N–H and O–H groups in total. The Bertz CT molecular complexity index is 854. The van der Waals surface area contributed by atoms with E-state index in [1.54, 1.807) is 18.2 Å². The first-order chi connectivity index (χ1) is 11.7. The Morgan fingerprint density at radius 2 is 1.84 bits per heavy atom. The van der Waals surface area contributed by atoms with Crippen LogP contribution in [0.25, 0.3) is 0 Å². The first-order valence-electron chi connectivity index (χ1n) is 7.76. The average Bonchev–Trinajstić information content (AvgIpc) is 2.55. The van der Waals surface area contributed by atoms with Gasteiger partial charge in [-0.1, -0.05) is 46.3 Å². The van der Waals surface area contributed by atoms with Gasteiger partial charge in [0, 0.05) is 4.47 Å². The lowest BCUT2D eigenvalue weighted by Gasteiger charge is -2.24. The van der Waals surface area contributed by atoms with Crippen LogP contribution in [0.2, 0.25) is 0 Å². The number of sulfonamides is 1. The van der Waals surface area contributed by atoms with Crippen LogP contribution in [0.4, 0.5) is 5.69 Å². The molecule has 0 aliphatic carbocycles. The molecule has 0 fully saturated rings. The predicted octanol–water partition coefficient (Wildman–Crippen LogP) is 3.40. The Kier molecular flexibility index (Phi) is 6.24. The Hall–Kier alpha value is -1.86. The molecule has 0 aliphatic rings. The van der Waals surface area contributed by atoms with Crippen molar-refractivity contribution in [2.24, 2.45) is 0 Å². The number of hydrogen-bond acceptors (Lipinski definition) is 3. The van der Waals surface area contributed by atoms with E-state index in [0.717, 1.165) is 26.2 Å². The minimum absolute atomic E-state index is 0.207. The molecule has 2 aromatic carbocycles. The Morgan fingerprint density at radius 3 is 2.40 bits per heavy atom. The van der Waals surface area contributed by atoms with Crippen molar-refractivity contribution in [2.45, 2.75) is 19.9 Å². The minimum Gasteiger partial charge on any atom is -0.348 e. The van der Waals surface area contributed by atoms with Crippen molar-refractivity contribution < 1.29 is 13.2 Å². The van der Waals surface area contributed by atoms with Crippen LogP contribution in [-0.4, -0.2) is 27.1 Å². The highest BCUT2D eigenvalue weighted by molar-refractivity contribution is 9.10. The van der Waals surface area contributed by atoms with E-state index >= 15 is 0 Å². The van der Waals surface area contributed by atoms with Gasteiger partial charge in [-0.2, -0.15) is 0 Å². The summed E-state index contributed by atoms with van der Waals surface area (Å²) in [6.07, 6.45) is 1.10. The van der Waals surface area contributed by atoms with Crippen molar-refractivity contribution in [3.63, 3.8) is 0 Å². The van der Waals surface area contributed by atoms with Crippen LogP contribution in [0.1, 0.15) is 24.1 Å².